The Morgan fingerprint density at radius 1 is 0.970 bits per heavy atom. The second-order valence-corrected chi connectivity index (χ2v) is 19.3. The third-order valence-electron chi connectivity index (χ3n) is 14.0. The predicted molar refractivity (Wildman–Crippen MR) is 252 cm³/mol. The monoisotopic (exact) mass is 946 g/mol. The van der Waals surface area contributed by atoms with E-state index in [1.165, 1.54) is 39.6 Å². The second kappa shape index (κ2) is 16.6. The van der Waals surface area contributed by atoms with Crippen molar-refractivity contribution in [3.8, 4) is 17.3 Å². The molecular formula is C48H48Cl2N10O7. The minimum Gasteiger partial charge on any atom is -0.480 e. The van der Waals surface area contributed by atoms with Gasteiger partial charge in [-0.15, -0.1) is 0 Å². The Hall–Kier alpha value is -6.72. The van der Waals surface area contributed by atoms with Crippen LogP contribution in [0.5, 0.6) is 5.88 Å². The number of benzene rings is 2. The molecular weight excluding hydrogens is 899 g/mol. The SMILES string of the molecule is COc1ncc(C(=O)N2CCC3(CC2)CC(Nc2cccc4c2n(C)c(=O)n4C2CCC(=O)NC2=O)C3)cc1-c1nc2c(n1C(C)C)[C@H](c1ccc(Cl)cc1)N(c1cc(Cl)cn(C)c1=O)C2=O. The van der Waals surface area contributed by atoms with E-state index in [0.29, 0.717) is 57.4 Å². The predicted octanol–water partition coefficient (Wildman–Crippen LogP) is 6.42. The topological polar surface area (TPSA) is 188 Å². The first-order valence-electron chi connectivity index (χ1n) is 22.3. The quantitative estimate of drug-likeness (QED) is 0.153. The van der Waals surface area contributed by atoms with Gasteiger partial charge in [-0.2, -0.15) is 0 Å². The molecule has 3 fully saturated rings. The summed E-state index contributed by atoms with van der Waals surface area (Å²) in [6.45, 7) is 5.05. The molecule has 1 unspecified atom stereocenters. The van der Waals surface area contributed by atoms with Crippen molar-refractivity contribution in [2.75, 3.05) is 30.4 Å². The normalized spacial score (nSPS) is 19.3. The number of carbonyl (C=O) groups excluding carboxylic acids is 4. The number of imidazole rings is 2. The van der Waals surface area contributed by atoms with Gasteiger partial charge in [0.2, 0.25) is 17.7 Å². The van der Waals surface area contributed by atoms with E-state index in [1.807, 2.05) is 53.6 Å². The molecule has 2 atom stereocenters. The summed E-state index contributed by atoms with van der Waals surface area (Å²) >= 11 is 12.8. The molecule has 6 aromatic rings. The molecule has 2 N–H and O–H groups in total. The maximum Gasteiger partial charge on any atom is 0.329 e. The number of pyridine rings is 2. The number of para-hydroxylation sites is 1. The van der Waals surface area contributed by atoms with Gasteiger partial charge < -0.3 is 24.1 Å². The molecule has 7 heterocycles. The molecule has 1 saturated carbocycles. The van der Waals surface area contributed by atoms with Crippen LogP contribution >= 0.6 is 23.2 Å². The Morgan fingerprint density at radius 2 is 1.70 bits per heavy atom. The van der Waals surface area contributed by atoms with E-state index in [-0.39, 0.29) is 70.1 Å². The van der Waals surface area contributed by atoms with Gasteiger partial charge in [0.25, 0.3) is 17.4 Å². The van der Waals surface area contributed by atoms with Crippen molar-refractivity contribution in [1.82, 2.24) is 38.5 Å². The molecule has 4 aromatic heterocycles. The average Bonchev–Trinajstić information content (AvgIpc) is 3.91. The third kappa shape index (κ3) is 7.30. The summed E-state index contributed by atoms with van der Waals surface area (Å²) < 4.78 is 12.1. The second-order valence-electron chi connectivity index (χ2n) is 18.4. The zero-order valence-corrected chi connectivity index (χ0v) is 39.0. The Labute approximate surface area is 394 Å². The van der Waals surface area contributed by atoms with Crippen LogP contribution in [0.1, 0.15) is 103 Å². The van der Waals surface area contributed by atoms with Crippen LogP contribution in [0.3, 0.4) is 0 Å². The van der Waals surface area contributed by atoms with Gasteiger partial charge in [0, 0.05) is 63.1 Å². The number of nitrogens with zero attached hydrogens (tertiary/aromatic N) is 8. The van der Waals surface area contributed by atoms with E-state index in [9.17, 15) is 28.8 Å². The number of aryl methyl sites for hydroxylation is 2. The average molecular weight is 948 g/mol. The first-order chi connectivity index (χ1) is 32.1. The van der Waals surface area contributed by atoms with Gasteiger partial charge in [0.1, 0.15) is 23.6 Å². The van der Waals surface area contributed by atoms with Crippen LogP contribution in [0.2, 0.25) is 10.0 Å². The van der Waals surface area contributed by atoms with Gasteiger partial charge in [-0.25, -0.2) is 14.8 Å². The number of nitrogens with one attached hydrogen (secondary N) is 2. The standard InChI is InChI=1S/C48H48Cl2N10O7/c1-25(2)58-40-37(46(65)60(35-20-29(50)24-55(3)45(35)64)38(40)26-9-11-28(49)12-10-26)54-41(58)31-19-27(23-51-43(31)67-5)44(63)57-17-15-48(16-18-57)21-30(22-48)52-32-7-6-8-33-39(32)56(4)47(66)59(33)34-13-14-36(61)53-42(34)62/h6-12,19-20,23-25,30,34,38,52H,13-18,21-22H2,1-5H3,(H,53,61,62)/t34?,38-/m0/s1. The molecule has 10 rings (SSSR count). The zero-order valence-electron chi connectivity index (χ0n) is 37.5. The number of imide groups is 1. The largest absolute Gasteiger partial charge is 0.480 e. The maximum absolute atomic E-state index is 14.6. The van der Waals surface area contributed by atoms with Gasteiger partial charge >= 0.3 is 5.69 Å². The lowest BCUT2D eigenvalue weighted by Crippen LogP contribution is -2.52. The highest BCUT2D eigenvalue weighted by atomic mass is 35.5. The Balaban J connectivity index is 0.887. The molecule has 4 aliphatic rings. The molecule has 346 valence electrons. The Morgan fingerprint density at radius 3 is 2.39 bits per heavy atom. The highest BCUT2D eigenvalue weighted by Gasteiger charge is 2.48. The first-order valence-corrected chi connectivity index (χ1v) is 23.0. The first kappa shape index (κ1) is 44.1. The van der Waals surface area contributed by atoms with Crippen molar-refractivity contribution in [3.05, 3.63) is 120 Å². The lowest BCUT2D eigenvalue weighted by atomic mass is 9.60. The lowest BCUT2D eigenvalue weighted by Gasteiger charge is -2.52. The number of carbonyl (C=O) groups is 4. The molecule has 1 spiro atoms. The van der Waals surface area contributed by atoms with Gasteiger partial charge in [-0.1, -0.05) is 41.4 Å². The number of anilines is 2. The highest BCUT2D eigenvalue weighted by molar-refractivity contribution is 6.31. The van der Waals surface area contributed by atoms with Crippen LogP contribution in [-0.2, 0) is 23.7 Å². The molecule has 4 amide bonds. The minimum absolute atomic E-state index is 0.0507. The number of piperidine rings is 2. The molecule has 3 aliphatic heterocycles. The third-order valence-corrected chi connectivity index (χ3v) is 14.4. The Kier molecular flexibility index (Phi) is 10.9. The summed E-state index contributed by atoms with van der Waals surface area (Å²) in [5, 5.41) is 6.82. The van der Waals surface area contributed by atoms with Crippen LogP contribution in [0.15, 0.2) is 76.6 Å². The number of ether oxygens (including phenoxy) is 1. The van der Waals surface area contributed by atoms with Crippen molar-refractivity contribution in [2.45, 2.75) is 76.5 Å². The van der Waals surface area contributed by atoms with Crippen LogP contribution in [-0.4, -0.2) is 83.0 Å². The zero-order chi connectivity index (χ0) is 47.2. The van der Waals surface area contributed by atoms with Crippen molar-refractivity contribution >= 4 is 69.2 Å². The van der Waals surface area contributed by atoms with Gasteiger partial charge in [0.05, 0.1) is 45.7 Å². The molecule has 2 aromatic carbocycles. The summed E-state index contributed by atoms with van der Waals surface area (Å²) in [7, 11) is 4.76. The van der Waals surface area contributed by atoms with Gasteiger partial charge in [-0.3, -0.25) is 43.3 Å². The maximum atomic E-state index is 14.6. The number of fused-ring (bicyclic) bond motifs is 2. The summed E-state index contributed by atoms with van der Waals surface area (Å²) in [5.41, 5.74) is 3.74. The van der Waals surface area contributed by atoms with E-state index >= 15 is 0 Å². The van der Waals surface area contributed by atoms with Crippen LogP contribution < -0.4 is 31.5 Å². The highest BCUT2D eigenvalue weighted by Crippen LogP contribution is 2.51. The lowest BCUT2D eigenvalue weighted by molar-refractivity contribution is -0.135. The number of amides is 4. The fourth-order valence-electron chi connectivity index (χ4n) is 10.7. The number of likely N-dealkylation sites (tertiary alicyclic amines) is 1. The van der Waals surface area contributed by atoms with Crippen LogP contribution in [0, 0.1) is 5.41 Å². The van der Waals surface area contributed by atoms with Crippen molar-refractivity contribution in [2.24, 2.45) is 19.5 Å². The van der Waals surface area contributed by atoms with Crippen molar-refractivity contribution in [3.63, 3.8) is 0 Å². The van der Waals surface area contributed by atoms with E-state index in [2.05, 4.69) is 15.6 Å². The summed E-state index contributed by atoms with van der Waals surface area (Å²) in [6.07, 6.45) is 6.84. The smallest absolute Gasteiger partial charge is 0.329 e. The van der Waals surface area contributed by atoms with Gasteiger partial charge in [0.15, 0.2) is 5.69 Å². The van der Waals surface area contributed by atoms with Crippen molar-refractivity contribution < 1.29 is 23.9 Å². The van der Waals surface area contributed by atoms with E-state index in [0.717, 1.165) is 31.4 Å². The number of halogens is 2. The number of rotatable bonds is 9. The fraction of sp³-hybridized carbons (Fsp3) is 0.375. The molecule has 0 radical (unpaired) electrons. The molecule has 0 bridgehead atoms. The number of methoxy groups -OCH3 is 1. The number of hydrogen-bond acceptors (Lipinski definition) is 10. The van der Waals surface area contributed by atoms with Crippen molar-refractivity contribution in [1.29, 1.82) is 0 Å². The van der Waals surface area contributed by atoms with E-state index in [1.54, 1.807) is 36.9 Å². The molecule has 2 saturated heterocycles. The molecule has 67 heavy (non-hydrogen) atoms. The molecule has 19 heteroatoms. The Bertz CT molecular complexity index is 3170. The molecule has 17 nitrogen and oxygen atoms in total. The summed E-state index contributed by atoms with van der Waals surface area (Å²) in [5.74, 6) is -0.861. The van der Waals surface area contributed by atoms with Crippen LogP contribution in [0.4, 0.5) is 11.4 Å². The summed E-state index contributed by atoms with van der Waals surface area (Å²) in [4.78, 5) is 93.5. The number of aromatic nitrogens is 6. The van der Waals surface area contributed by atoms with E-state index < -0.39 is 29.5 Å². The van der Waals surface area contributed by atoms with Crippen LogP contribution in [0.25, 0.3) is 22.4 Å². The molecule has 1 aliphatic carbocycles. The van der Waals surface area contributed by atoms with Gasteiger partial charge in [-0.05, 0) is 93.3 Å². The fourth-order valence-corrected chi connectivity index (χ4v) is 11.1. The number of hydrogen-bond donors (Lipinski definition) is 2. The summed E-state index contributed by atoms with van der Waals surface area (Å²) in [6, 6.07) is 14.3. The minimum atomic E-state index is -0.783. The van der Waals surface area contributed by atoms with E-state index in [4.69, 9.17) is 32.9 Å².